The molecule has 2 amide bonds. The van der Waals surface area contributed by atoms with Crippen LogP contribution in [0.15, 0.2) is 42.7 Å². The third kappa shape index (κ3) is 4.14. The number of fused-ring (bicyclic) bond motifs is 1. The van der Waals surface area contributed by atoms with Gasteiger partial charge in [-0.15, -0.1) is 0 Å². The van der Waals surface area contributed by atoms with E-state index in [0.29, 0.717) is 5.69 Å². The molecule has 144 valence electrons. The first-order chi connectivity index (χ1) is 13.3. The Balaban J connectivity index is 1.95. The third-order valence-electron chi connectivity index (χ3n) is 4.17. The average molecular weight is 379 g/mol. The van der Waals surface area contributed by atoms with Crippen molar-refractivity contribution in [2.45, 2.75) is 19.9 Å². The van der Waals surface area contributed by atoms with Crippen LogP contribution >= 0.6 is 0 Å². The number of para-hydroxylation sites is 1. The first-order valence-corrected chi connectivity index (χ1v) is 8.69. The van der Waals surface area contributed by atoms with Crippen molar-refractivity contribution in [3.8, 4) is 0 Å². The van der Waals surface area contributed by atoms with Crippen molar-refractivity contribution in [1.29, 1.82) is 0 Å². The molecule has 0 radical (unpaired) electrons. The van der Waals surface area contributed by atoms with Gasteiger partial charge in [-0.25, -0.2) is 4.98 Å². The number of nitrogens with zero attached hydrogens (tertiary/aromatic N) is 3. The van der Waals surface area contributed by atoms with Crippen molar-refractivity contribution in [3.63, 3.8) is 0 Å². The van der Waals surface area contributed by atoms with Crippen molar-refractivity contribution in [3.05, 3.63) is 48.3 Å². The molecule has 0 spiro atoms. The van der Waals surface area contributed by atoms with Gasteiger partial charge in [0.15, 0.2) is 0 Å². The van der Waals surface area contributed by atoms with Crippen molar-refractivity contribution in [2.75, 3.05) is 10.6 Å². The molecule has 9 heteroatoms. The Kier molecular flexibility index (Phi) is 5.35. The van der Waals surface area contributed by atoms with E-state index in [1.54, 1.807) is 6.20 Å². The van der Waals surface area contributed by atoms with Crippen LogP contribution in [0.3, 0.4) is 0 Å². The Morgan fingerprint density at radius 1 is 1.07 bits per heavy atom. The molecule has 0 aliphatic carbocycles. The van der Waals surface area contributed by atoms with Crippen LogP contribution in [0.2, 0.25) is 0 Å². The normalized spacial score (nSPS) is 12.0. The Hall–Kier alpha value is -3.75. The smallest absolute Gasteiger partial charge is 0.254 e. The minimum Gasteiger partial charge on any atom is -0.368 e. The highest BCUT2D eigenvalue weighted by Crippen LogP contribution is 2.22. The number of benzene rings is 1. The number of carbonyl (C=O) groups is 2. The van der Waals surface area contributed by atoms with E-state index in [1.165, 1.54) is 6.20 Å². The Morgan fingerprint density at radius 2 is 1.82 bits per heavy atom. The lowest BCUT2D eigenvalue weighted by Gasteiger charge is -2.19. The summed E-state index contributed by atoms with van der Waals surface area (Å²) in [5.41, 5.74) is 12.4. The first kappa shape index (κ1) is 19.0. The number of aromatic nitrogens is 3. The summed E-state index contributed by atoms with van der Waals surface area (Å²) in [7, 11) is 0. The fourth-order valence-corrected chi connectivity index (χ4v) is 2.71. The number of carbonyl (C=O) groups excluding carboxylic acids is 2. The summed E-state index contributed by atoms with van der Waals surface area (Å²) < 4.78 is 0. The molecule has 1 aromatic carbocycles. The molecular formula is C19H21N7O2. The molecule has 3 rings (SSSR count). The molecule has 0 fully saturated rings. The molecule has 2 heterocycles. The minimum absolute atomic E-state index is 0.0713. The third-order valence-corrected chi connectivity index (χ3v) is 4.17. The van der Waals surface area contributed by atoms with E-state index in [4.69, 9.17) is 11.5 Å². The lowest BCUT2D eigenvalue weighted by molar-refractivity contribution is -0.119. The van der Waals surface area contributed by atoms with Gasteiger partial charge in [-0.05, 0) is 18.1 Å². The molecule has 1 atom stereocenters. The van der Waals surface area contributed by atoms with Crippen LogP contribution in [0, 0.1) is 5.92 Å². The maximum absolute atomic E-state index is 11.8. The fourth-order valence-electron chi connectivity index (χ4n) is 2.71. The van der Waals surface area contributed by atoms with Gasteiger partial charge in [0, 0.05) is 11.6 Å². The summed E-state index contributed by atoms with van der Waals surface area (Å²) in [6, 6.07) is 8.86. The lowest BCUT2D eigenvalue weighted by Crippen LogP contribution is -2.40. The second-order valence-corrected chi connectivity index (χ2v) is 6.63. The zero-order chi connectivity index (χ0) is 20.3. The molecule has 0 saturated carbocycles. The number of amides is 2. The zero-order valence-corrected chi connectivity index (χ0v) is 15.5. The van der Waals surface area contributed by atoms with Crippen LogP contribution in [0.25, 0.3) is 10.9 Å². The van der Waals surface area contributed by atoms with Gasteiger partial charge in [-0.1, -0.05) is 32.0 Å². The maximum Gasteiger partial charge on any atom is 0.254 e. The number of hydrogen-bond acceptors (Lipinski definition) is 7. The summed E-state index contributed by atoms with van der Waals surface area (Å²) in [5, 5.41) is 6.87. The van der Waals surface area contributed by atoms with Gasteiger partial charge in [0.25, 0.3) is 5.91 Å². The van der Waals surface area contributed by atoms with Crippen LogP contribution in [0.4, 0.5) is 17.5 Å². The summed E-state index contributed by atoms with van der Waals surface area (Å²) in [5.74, 6) is -0.922. The molecule has 0 aliphatic rings. The summed E-state index contributed by atoms with van der Waals surface area (Å²) in [6.07, 6.45) is 2.93. The van der Waals surface area contributed by atoms with Crippen LogP contribution in [-0.2, 0) is 4.79 Å². The van der Waals surface area contributed by atoms with Crippen molar-refractivity contribution >= 4 is 40.2 Å². The number of nitrogens with one attached hydrogen (secondary N) is 2. The summed E-state index contributed by atoms with van der Waals surface area (Å²) in [4.78, 5) is 36.1. The van der Waals surface area contributed by atoms with Gasteiger partial charge in [0.05, 0.1) is 17.4 Å². The summed E-state index contributed by atoms with van der Waals surface area (Å²) in [6.45, 7) is 3.69. The summed E-state index contributed by atoms with van der Waals surface area (Å²) >= 11 is 0. The highest BCUT2D eigenvalue weighted by atomic mass is 16.1. The number of rotatable bonds is 7. The van der Waals surface area contributed by atoms with E-state index in [-0.39, 0.29) is 23.2 Å². The van der Waals surface area contributed by atoms with E-state index in [1.807, 2.05) is 44.2 Å². The second kappa shape index (κ2) is 7.87. The molecule has 6 N–H and O–H groups in total. The predicted octanol–water partition coefficient (Wildman–Crippen LogP) is 1.79. The van der Waals surface area contributed by atoms with Crippen LogP contribution < -0.4 is 22.1 Å². The molecule has 0 aliphatic heterocycles. The Morgan fingerprint density at radius 3 is 2.50 bits per heavy atom. The highest BCUT2D eigenvalue weighted by molar-refractivity contribution is 5.98. The van der Waals surface area contributed by atoms with Gasteiger partial charge in [0.2, 0.25) is 11.9 Å². The molecular weight excluding hydrogens is 358 g/mol. The van der Waals surface area contributed by atoms with E-state index in [0.717, 1.165) is 10.9 Å². The van der Waals surface area contributed by atoms with Crippen LogP contribution in [0.1, 0.15) is 24.2 Å². The number of anilines is 3. The van der Waals surface area contributed by atoms with Crippen molar-refractivity contribution in [2.24, 2.45) is 17.4 Å². The van der Waals surface area contributed by atoms with E-state index in [9.17, 15) is 9.59 Å². The Labute approximate surface area is 161 Å². The topological polar surface area (TPSA) is 149 Å². The molecule has 9 nitrogen and oxygen atoms in total. The van der Waals surface area contributed by atoms with Crippen LogP contribution in [-0.4, -0.2) is 32.8 Å². The SMILES string of the molecule is CC(C)[C@@H](Nc1ncc(C(N)=O)c(Nc2cnc3ccccc3c2)n1)C(N)=O. The molecule has 0 saturated heterocycles. The van der Waals surface area contributed by atoms with Gasteiger partial charge >= 0.3 is 0 Å². The molecule has 28 heavy (non-hydrogen) atoms. The van der Waals surface area contributed by atoms with Crippen molar-refractivity contribution in [1.82, 2.24) is 15.0 Å². The Bertz CT molecular complexity index is 1040. The highest BCUT2D eigenvalue weighted by Gasteiger charge is 2.21. The number of nitrogens with two attached hydrogens (primary N) is 2. The average Bonchev–Trinajstić information content (AvgIpc) is 2.65. The van der Waals surface area contributed by atoms with Gasteiger partial charge in [-0.3, -0.25) is 14.6 Å². The molecule has 0 unspecified atom stereocenters. The van der Waals surface area contributed by atoms with Gasteiger partial charge in [-0.2, -0.15) is 4.98 Å². The molecule has 0 bridgehead atoms. The largest absolute Gasteiger partial charge is 0.368 e. The van der Waals surface area contributed by atoms with E-state index in [2.05, 4.69) is 25.6 Å². The standard InChI is InChI=1S/C19H21N7O2/c1-10(2)15(17(21)28)25-19-23-9-13(16(20)27)18(26-19)24-12-7-11-5-3-4-6-14(11)22-8-12/h3-10,15H,1-2H3,(H2,20,27)(H2,21,28)(H2,23,24,25,26)/t15-/m1/s1. The maximum atomic E-state index is 11.8. The van der Waals surface area contributed by atoms with E-state index >= 15 is 0 Å². The second-order valence-electron chi connectivity index (χ2n) is 6.63. The number of primary amides is 2. The van der Waals surface area contributed by atoms with E-state index < -0.39 is 17.9 Å². The number of pyridine rings is 1. The quantitative estimate of drug-likeness (QED) is 0.489. The zero-order valence-electron chi connectivity index (χ0n) is 15.5. The molecule has 3 aromatic rings. The monoisotopic (exact) mass is 379 g/mol. The predicted molar refractivity (Wildman–Crippen MR) is 107 cm³/mol. The fraction of sp³-hybridized carbons (Fsp3) is 0.211. The number of hydrogen-bond donors (Lipinski definition) is 4. The minimum atomic E-state index is -0.682. The van der Waals surface area contributed by atoms with Gasteiger partial charge < -0.3 is 22.1 Å². The van der Waals surface area contributed by atoms with Crippen molar-refractivity contribution < 1.29 is 9.59 Å². The molecule has 2 aromatic heterocycles. The first-order valence-electron chi connectivity index (χ1n) is 8.69. The van der Waals surface area contributed by atoms with Crippen LogP contribution in [0.5, 0.6) is 0 Å². The lowest BCUT2D eigenvalue weighted by atomic mass is 10.0. The van der Waals surface area contributed by atoms with Gasteiger partial charge in [0.1, 0.15) is 17.4 Å².